The molecule has 1 saturated carbocycles. The fourth-order valence-corrected chi connectivity index (χ4v) is 2.06. The maximum Gasteiger partial charge on any atom is 0.305 e. The number of carbonyl (C=O) groups excluding carboxylic acids is 1. The Bertz CT molecular complexity index is 457. The summed E-state index contributed by atoms with van der Waals surface area (Å²) in [4.78, 5) is 24.6. The summed E-state index contributed by atoms with van der Waals surface area (Å²) in [5.41, 5.74) is 6.73. The first-order valence-electron chi connectivity index (χ1n) is 6.42. The summed E-state index contributed by atoms with van der Waals surface area (Å²) in [7, 11) is 0. The highest BCUT2D eigenvalue weighted by Crippen LogP contribution is 2.29. The van der Waals surface area contributed by atoms with E-state index in [1.165, 1.54) is 0 Å². The van der Waals surface area contributed by atoms with E-state index in [1.54, 1.807) is 4.90 Å². The smallest absolute Gasteiger partial charge is 0.305 e. The van der Waals surface area contributed by atoms with Gasteiger partial charge in [0.05, 0.1) is 6.42 Å². The van der Waals surface area contributed by atoms with E-state index in [9.17, 15) is 9.59 Å². The van der Waals surface area contributed by atoms with Crippen molar-refractivity contribution in [2.75, 3.05) is 6.54 Å². The molecule has 0 radical (unpaired) electrons. The zero-order valence-electron chi connectivity index (χ0n) is 10.7. The molecule has 0 spiro atoms. The average molecular weight is 262 g/mol. The minimum absolute atomic E-state index is 0.0379. The van der Waals surface area contributed by atoms with Gasteiger partial charge in [-0.2, -0.15) is 0 Å². The Morgan fingerprint density at radius 2 is 1.95 bits per heavy atom. The van der Waals surface area contributed by atoms with Crippen LogP contribution in [0.1, 0.15) is 30.9 Å². The van der Waals surface area contributed by atoms with E-state index in [1.807, 2.05) is 30.3 Å². The summed E-state index contributed by atoms with van der Waals surface area (Å²) in [5.74, 6) is -1.08. The van der Waals surface area contributed by atoms with Crippen LogP contribution in [0.25, 0.3) is 0 Å². The normalized spacial score (nSPS) is 15.8. The molecule has 3 N–H and O–H groups in total. The molecule has 5 nitrogen and oxygen atoms in total. The zero-order valence-corrected chi connectivity index (χ0v) is 10.7. The Labute approximate surface area is 112 Å². The molecular formula is C14H18N2O3. The van der Waals surface area contributed by atoms with Gasteiger partial charge in [-0.25, -0.2) is 0 Å². The van der Waals surface area contributed by atoms with Crippen LogP contribution in [0.15, 0.2) is 30.3 Å². The predicted molar refractivity (Wildman–Crippen MR) is 70.4 cm³/mol. The van der Waals surface area contributed by atoms with Gasteiger partial charge in [-0.1, -0.05) is 30.3 Å². The zero-order chi connectivity index (χ0) is 13.8. The number of benzene rings is 1. The minimum Gasteiger partial charge on any atom is -0.481 e. The Kier molecular flexibility index (Phi) is 4.16. The van der Waals surface area contributed by atoms with Crippen molar-refractivity contribution in [3.63, 3.8) is 0 Å². The number of nitrogens with zero attached hydrogens (tertiary/aromatic N) is 1. The topological polar surface area (TPSA) is 83.6 Å². The molecule has 2 rings (SSSR count). The predicted octanol–water partition coefficient (Wildman–Crippen LogP) is 1.15. The molecular weight excluding hydrogens is 244 g/mol. The Hall–Kier alpha value is -1.88. The van der Waals surface area contributed by atoms with Crippen molar-refractivity contribution in [3.05, 3.63) is 35.9 Å². The molecule has 0 heterocycles. The molecule has 1 atom stereocenters. The number of nitrogens with two attached hydrogens (primary N) is 1. The van der Waals surface area contributed by atoms with Gasteiger partial charge in [-0.05, 0) is 18.4 Å². The van der Waals surface area contributed by atoms with Gasteiger partial charge in [0.1, 0.15) is 6.04 Å². The summed E-state index contributed by atoms with van der Waals surface area (Å²) in [6, 6.07) is 8.61. The van der Waals surface area contributed by atoms with Crippen molar-refractivity contribution in [1.29, 1.82) is 0 Å². The average Bonchev–Trinajstić information content (AvgIpc) is 3.23. The molecule has 0 aliphatic heterocycles. The van der Waals surface area contributed by atoms with Crippen LogP contribution in [-0.2, 0) is 9.59 Å². The van der Waals surface area contributed by atoms with E-state index < -0.39 is 12.0 Å². The first kappa shape index (κ1) is 13.5. The van der Waals surface area contributed by atoms with E-state index in [0.29, 0.717) is 0 Å². The van der Waals surface area contributed by atoms with Crippen molar-refractivity contribution in [2.24, 2.45) is 5.73 Å². The molecule has 19 heavy (non-hydrogen) atoms. The summed E-state index contributed by atoms with van der Waals surface area (Å²) in [6.45, 7) is 0.235. The highest BCUT2D eigenvalue weighted by atomic mass is 16.4. The minimum atomic E-state index is -0.897. The standard InChI is InChI=1S/C14H18N2O3/c15-13(10-4-2-1-3-5-10)14(19)16(11-6-7-11)9-8-12(17)18/h1-5,11,13H,6-9,15H2,(H,17,18)/t13-/m1/s1. The van der Waals surface area contributed by atoms with Gasteiger partial charge in [0.2, 0.25) is 5.91 Å². The fourth-order valence-electron chi connectivity index (χ4n) is 2.06. The number of amides is 1. The van der Waals surface area contributed by atoms with Crippen molar-refractivity contribution >= 4 is 11.9 Å². The molecule has 0 unspecified atom stereocenters. The molecule has 1 aromatic carbocycles. The van der Waals surface area contributed by atoms with Gasteiger partial charge in [-0.15, -0.1) is 0 Å². The van der Waals surface area contributed by atoms with Gasteiger partial charge >= 0.3 is 5.97 Å². The van der Waals surface area contributed by atoms with E-state index >= 15 is 0 Å². The Morgan fingerprint density at radius 1 is 1.32 bits per heavy atom. The number of hydrogen-bond acceptors (Lipinski definition) is 3. The number of carbonyl (C=O) groups is 2. The molecule has 0 aromatic heterocycles. The van der Waals surface area contributed by atoms with Crippen LogP contribution in [-0.4, -0.2) is 34.5 Å². The highest BCUT2D eigenvalue weighted by Gasteiger charge is 2.35. The number of aliphatic carboxylic acids is 1. The first-order valence-corrected chi connectivity index (χ1v) is 6.42. The second-order valence-corrected chi connectivity index (χ2v) is 4.79. The van der Waals surface area contributed by atoms with Crippen LogP contribution in [0.3, 0.4) is 0 Å². The van der Waals surface area contributed by atoms with E-state index in [-0.39, 0.29) is 24.9 Å². The first-order chi connectivity index (χ1) is 9.09. The number of rotatable bonds is 6. The molecule has 1 aliphatic rings. The fraction of sp³-hybridized carbons (Fsp3) is 0.429. The SMILES string of the molecule is N[C@@H](C(=O)N(CCC(=O)O)C1CC1)c1ccccc1. The number of carboxylic acids is 1. The van der Waals surface area contributed by atoms with Gasteiger partial charge < -0.3 is 15.7 Å². The lowest BCUT2D eigenvalue weighted by Crippen LogP contribution is -2.41. The molecule has 1 aliphatic carbocycles. The third kappa shape index (κ3) is 3.54. The second kappa shape index (κ2) is 5.84. The summed E-state index contributed by atoms with van der Waals surface area (Å²) < 4.78 is 0. The van der Waals surface area contributed by atoms with Crippen LogP contribution < -0.4 is 5.73 Å². The lowest BCUT2D eigenvalue weighted by molar-refractivity contribution is -0.139. The van der Waals surface area contributed by atoms with E-state index in [4.69, 9.17) is 10.8 Å². The molecule has 1 fully saturated rings. The molecule has 1 amide bonds. The van der Waals surface area contributed by atoms with Crippen LogP contribution in [0, 0.1) is 0 Å². The largest absolute Gasteiger partial charge is 0.481 e. The molecule has 0 bridgehead atoms. The molecule has 102 valence electrons. The Balaban J connectivity index is 2.04. The highest BCUT2D eigenvalue weighted by molar-refractivity contribution is 5.84. The van der Waals surface area contributed by atoms with Crippen molar-refractivity contribution < 1.29 is 14.7 Å². The maximum atomic E-state index is 12.3. The summed E-state index contributed by atoms with van der Waals surface area (Å²) in [5, 5.41) is 8.73. The second-order valence-electron chi connectivity index (χ2n) is 4.79. The van der Waals surface area contributed by atoms with Crippen molar-refractivity contribution in [1.82, 2.24) is 4.90 Å². The van der Waals surface area contributed by atoms with Crippen molar-refractivity contribution in [3.8, 4) is 0 Å². The third-order valence-corrected chi connectivity index (χ3v) is 3.26. The van der Waals surface area contributed by atoms with E-state index in [0.717, 1.165) is 18.4 Å². The van der Waals surface area contributed by atoms with Crippen LogP contribution in [0.4, 0.5) is 0 Å². The lowest BCUT2D eigenvalue weighted by Gasteiger charge is -2.25. The molecule has 1 aromatic rings. The summed E-state index contributed by atoms with van der Waals surface area (Å²) >= 11 is 0. The maximum absolute atomic E-state index is 12.3. The summed E-state index contributed by atoms with van der Waals surface area (Å²) in [6.07, 6.45) is 1.84. The van der Waals surface area contributed by atoms with Gasteiger partial charge in [-0.3, -0.25) is 9.59 Å². The lowest BCUT2D eigenvalue weighted by atomic mass is 10.1. The number of hydrogen-bond donors (Lipinski definition) is 2. The van der Waals surface area contributed by atoms with E-state index in [2.05, 4.69) is 0 Å². The molecule has 5 heteroatoms. The quantitative estimate of drug-likeness (QED) is 0.805. The van der Waals surface area contributed by atoms with Crippen LogP contribution in [0.2, 0.25) is 0 Å². The Morgan fingerprint density at radius 3 is 2.47 bits per heavy atom. The van der Waals surface area contributed by atoms with Gasteiger partial charge in [0, 0.05) is 12.6 Å². The van der Waals surface area contributed by atoms with Gasteiger partial charge in [0.25, 0.3) is 0 Å². The third-order valence-electron chi connectivity index (χ3n) is 3.26. The number of carboxylic acid groups (broad SMARTS) is 1. The van der Waals surface area contributed by atoms with Crippen molar-refractivity contribution in [2.45, 2.75) is 31.3 Å². The monoisotopic (exact) mass is 262 g/mol. The van der Waals surface area contributed by atoms with Crippen LogP contribution in [0.5, 0.6) is 0 Å². The molecule has 0 saturated heterocycles. The van der Waals surface area contributed by atoms with Gasteiger partial charge in [0.15, 0.2) is 0 Å². The van der Waals surface area contributed by atoms with Crippen LogP contribution >= 0.6 is 0 Å².